The summed E-state index contributed by atoms with van der Waals surface area (Å²) >= 11 is 0. The maximum absolute atomic E-state index is 13.8. The molecule has 11 heteroatoms. The summed E-state index contributed by atoms with van der Waals surface area (Å²) in [5, 5.41) is 0. The molecule has 0 aliphatic carbocycles. The molecule has 262 valence electrons. The minimum Gasteiger partial charge on any atom is -0.493 e. The summed E-state index contributed by atoms with van der Waals surface area (Å²) in [6.45, 7) is 7.19. The zero-order valence-corrected chi connectivity index (χ0v) is 30.0. The first-order valence-electron chi connectivity index (χ1n) is 16.6. The Bertz CT molecular complexity index is 2050. The maximum atomic E-state index is 13.8. The number of hydrogen-bond acceptors (Lipinski definition) is 10. The van der Waals surface area contributed by atoms with Crippen LogP contribution in [-0.4, -0.2) is 65.7 Å². The van der Waals surface area contributed by atoms with Crippen molar-refractivity contribution in [2.75, 3.05) is 41.4 Å². The van der Waals surface area contributed by atoms with Crippen molar-refractivity contribution in [1.29, 1.82) is 0 Å². The van der Waals surface area contributed by atoms with Crippen LogP contribution >= 0.6 is 0 Å². The van der Waals surface area contributed by atoms with Crippen LogP contribution in [0, 0.1) is 20.8 Å². The average molecular weight is 699 g/mol. The van der Waals surface area contributed by atoms with Gasteiger partial charge in [-0.3, -0.25) is 4.90 Å². The Morgan fingerprint density at radius 1 is 0.940 bits per heavy atom. The van der Waals surface area contributed by atoms with E-state index in [1.165, 1.54) is 5.56 Å². The van der Waals surface area contributed by atoms with Crippen LogP contribution in [0.4, 0.5) is 0 Å². The lowest BCUT2D eigenvalue weighted by Gasteiger charge is -2.52. The number of benzene rings is 4. The van der Waals surface area contributed by atoms with E-state index in [1.807, 2.05) is 38.1 Å². The van der Waals surface area contributed by atoms with Gasteiger partial charge in [0.25, 0.3) is 0 Å². The predicted molar refractivity (Wildman–Crippen MR) is 189 cm³/mol. The average Bonchev–Trinajstić information content (AvgIpc) is 3.57. The second-order valence-corrected chi connectivity index (χ2v) is 14.6. The molecule has 0 radical (unpaired) electrons. The van der Waals surface area contributed by atoms with Gasteiger partial charge < -0.3 is 32.8 Å². The third-order valence-electron chi connectivity index (χ3n) is 9.75. The second kappa shape index (κ2) is 13.5. The van der Waals surface area contributed by atoms with E-state index in [2.05, 4.69) is 35.0 Å². The van der Waals surface area contributed by atoms with Crippen molar-refractivity contribution < 1.29 is 36.3 Å². The third-order valence-corrected chi connectivity index (χ3v) is 11.0. The molecule has 0 unspecified atom stereocenters. The lowest BCUT2D eigenvalue weighted by atomic mass is 9.81. The topological polar surface area (TPSA) is 96.0 Å². The van der Waals surface area contributed by atoms with E-state index in [9.17, 15) is 8.42 Å². The zero-order chi connectivity index (χ0) is 35.2. The first kappa shape index (κ1) is 33.8. The molecule has 3 heterocycles. The molecule has 0 saturated carbocycles. The molecule has 1 saturated heterocycles. The van der Waals surface area contributed by atoms with Crippen molar-refractivity contribution in [2.45, 2.75) is 50.7 Å². The molecule has 0 spiro atoms. The minimum atomic E-state index is -4.20. The maximum Gasteiger partial charge on any atom is 0.339 e. The number of likely N-dealkylation sites (N-methyl/N-ethyl adjacent to an activating group) is 1. The number of fused-ring (bicyclic) bond motifs is 5. The van der Waals surface area contributed by atoms with Crippen LogP contribution in [0.25, 0.3) is 6.08 Å². The van der Waals surface area contributed by atoms with Crippen molar-refractivity contribution >= 4 is 16.2 Å². The van der Waals surface area contributed by atoms with Crippen LogP contribution in [0.1, 0.15) is 45.0 Å². The van der Waals surface area contributed by atoms with Crippen molar-refractivity contribution in [3.05, 3.63) is 111 Å². The minimum absolute atomic E-state index is 0.0280. The molecule has 0 N–H and O–H groups in total. The quantitative estimate of drug-likeness (QED) is 0.134. The molecule has 7 rings (SSSR count). The lowest BCUT2D eigenvalue weighted by Crippen LogP contribution is -2.54. The van der Waals surface area contributed by atoms with Crippen LogP contribution in [0.5, 0.6) is 28.7 Å². The highest BCUT2D eigenvalue weighted by Crippen LogP contribution is 2.52. The number of rotatable bonds is 10. The van der Waals surface area contributed by atoms with Gasteiger partial charge in [0.1, 0.15) is 4.90 Å². The van der Waals surface area contributed by atoms with Gasteiger partial charge in [-0.15, -0.1) is 0 Å². The molecule has 50 heavy (non-hydrogen) atoms. The molecular formula is C39H42N2O8S. The molecule has 4 aromatic rings. The van der Waals surface area contributed by atoms with Crippen molar-refractivity contribution in [3.8, 4) is 28.7 Å². The third kappa shape index (κ3) is 6.14. The molecule has 2 bridgehead atoms. The first-order chi connectivity index (χ1) is 24.1. The van der Waals surface area contributed by atoms with Crippen LogP contribution in [0.15, 0.2) is 77.3 Å². The van der Waals surface area contributed by atoms with Crippen molar-refractivity contribution in [3.63, 3.8) is 0 Å². The fraction of sp³-hybridized carbons (Fsp3) is 0.333. The lowest BCUT2D eigenvalue weighted by molar-refractivity contribution is 0.0399. The van der Waals surface area contributed by atoms with E-state index in [-0.39, 0.29) is 36.3 Å². The summed E-state index contributed by atoms with van der Waals surface area (Å²) in [6, 6.07) is 20.9. The monoisotopic (exact) mass is 698 g/mol. The summed E-state index contributed by atoms with van der Waals surface area (Å²) in [6.07, 6.45) is 2.85. The van der Waals surface area contributed by atoms with Gasteiger partial charge in [0.15, 0.2) is 35.5 Å². The summed E-state index contributed by atoms with van der Waals surface area (Å²) < 4.78 is 62.8. The van der Waals surface area contributed by atoms with Crippen molar-refractivity contribution in [1.82, 2.24) is 9.80 Å². The van der Waals surface area contributed by atoms with E-state index in [0.717, 1.165) is 40.9 Å². The smallest absolute Gasteiger partial charge is 0.339 e. The van der Waals surface area contributed by atoms with Crippen LogP contribution in [-0.2, 0) is 27.8 Å². The van der Waals surface area contributed by atoms with Crippen molar-refractivity contribution in [2.24, 2.45) is 0 Å². The van der Waals surface area contributed by atoms with Gasteiger partial charge in [0.2, 0.25) is 6.79 Å². The van der Waals surface area contributed by atoms with Gasteiger partial charge in [-0.05, 0) is 75.2 Å². The second-order valence-electron chi connectivity index (χ2n) is 13.0. The molecule has 3 aliphatic rings. The highest BCUT2D eigenvalue weighted by Gasteiger charge is 2.44. The van der Waals surface area contributed by atoms with E-state index in [4.69, 9.17) is 27.9 Å². The standard InChI is InChI=1S/C39H42N2O8S/c1-24-12-14-31(15-13-24)50(42,43)49-37-26(3)38-33(46-23-48-38)19-29(37)18-32-35-34-28(16-25(2)36(45-6)39(34)47-22-44-5)17-30(40(35)4)21-41(32)20-27-10-8-7-9-11-27/h7-16,18-19,30,35H,17,20-23H2,1-6H3/b32-18+/t30-,35-/m0/s1. The number of hydrogen-bond donors (Lipinski definition) is 0. The fourth-order valence-electron chi connectivity index (χ4n) is 7.32. The van der Waals surface area contributed by atoms with Gasteiger partial charge in [0, 0.05) is 48.6 Å². The Hall–Kier alpha value is -4.71. The highest BCUT2D eigenvalue weighted by molar-refractivity contribution is 7.87. The molecule has 0 amide bonds. The number of methoxy groups -OCH3 is 2. The molecule has 3 aliphatic heterocycles. The van der Waals surface area contributed by atoms with Gasteiger partial charge in [-0.1, -0.05) is 54.1 Å². The number of ether oxygens (including phenoxy) is 5. The molecule has 10 nitrogen and oxygen atoms in total. The summed E-state index contributed by atoms with van der Waals surface area (Å²) in [7, 11) is 1.17. The zero-order valence-electron chi connectivity index (χ0n) is 29.2. The molecule has 0 aromatic heterocycles. The normalized spacial score (nSPS) is 19.0. The van der Waals surface area contributed by atoms with Crippen LogP contribution in [0.3, 0.4) is 0 Å². The number of nitrogens with zero attached hydrogens (tertiary/aromatic N) is 2. The van der Waals surface area contributed by atoms with Gasteiger partial charge in [-0.2, -0.15) is 8.42 Å². The molecule has 1 fully saturated rings. The van der Waals surface area contributed by atoms with E-state index in [0.29, 0.717) is 40.7 Å². The first-order valence-corrected chi connectivity index (χ1v) is 18.0. The highest BCUT2D eigenvalue weighted by atomic mass is 32.2. The van der Waals surface area contributed by atoms with Crippen LogP contribution in [0.2, 0.25) is 0 Å². The SMILES string of the molecule is COCOc1c(OC)c(C)cc2c1[C@@H]1/C(=C\c3cc4c(c(C)c3OS(=O)(=O)c3ccc(C)cc3)OCO4)N(Cc3ccccc3)C[C@H](C2)N1C. The van der Waals surface area contributed by atoms with Gasteiger partial charge >= 0.3 is 10.1 Å². The summed E-state index contributed by atoms with van der Waals surface area (Å²) in [4.78, 5) is 4.81. The molecular weight excluding hydrogens is 657 g/mol. The number of piperazine rings is 1. The van der Waals surface area contributed by atoms with Gasteiger partial charge in [0.05, 0.1) is 13.2 Å². The van der Waals surface area contributed by atoms with Gasteiger partial charge in [-0.25, -0.2) is 0 Å². The Labute approximate surface area is 293 Å². The number of aryl methyl sites for hydroxylation is 2. The molecule has 4 aromatic carbocycles. The Morgan fingerprint density at radius 2 is 1.70 bits per heavy atom. The molecule has 2 atom stereocenters. The summed E-state index contributed by atoms with van der Waals surface area (Å²) in [5.41, 5.74) is 7.26. The fourth-order valence-corrected chi connectivity index (χ4v) is 8.32. The largest absolute Gasteiger partial charge is 0.493 e. The Kier molecular flexibility index (Phi) is 9.15. The Balaban J connectivity index is 1.45. The predicted octanol–water partition coefficient (Wildman–Crippen LogP) is 6.55. The van der Waals surface area contributed by atoms with E-state index < -0.39 is 10.1 Å². The summed E-state index contributed by atoms with van der Waals surface area (Å²) in [5.74, 6) is 2.45. The van der Waals surface area contributed by atoms with E-state index >= 15 is 0 Å². The van der Waals surface area contributed by atoms with E-state index in [1.54, 1.807) is 51.5 Å². The Morgan fingerprint density at radius 3 is 2.42 bits per heavy atom. The van der Waals surface area contributed by atoms with Crippen LogP contribution < -0.4 is 23.1 Å².